The number of benzene rings is 3. The van der Waals surface area contributed by atoms with Crippen molar-refractivity contribution in [2.24, 2.45) is 16.7 Å². The van der Waals surface area contributed by atoms with Crippen molar-refractivity contribution < 1.29 is 52.4 Å². The smallest absolute Gasteiger partial charge is 0.402 e. The normalized spacial score (nSPS) is 23.8. The molecule has 1 saturated heterocycles. The van der Waals surface area contributed by atoms with E-state index in [2.05, 4.69) is 20.9 Å². The Labute approximate surface area is 436 Å². The summed E-state index contributed by atoms with van der Waals surface area (Å²) in [5, 5.41) is 10.4. The van der Waals surface area contributed by atoms with Gasteiger partial charge in [0.15, 0.2) is 5.75 Å². The molecular weight excluding hydrogens is 1020 g/mol. The fraction of sp³-hybridized carbons (Fsp3) is 0.510. The molecule has 3 aromatic carbocycles. The van der Waals surface area contributed by atoms with Gasteiger partial charge in [0.2, 0.25) is 41.4 Å². The van der Waals surface area contributed by atoms with Gasteiger partial charge in [-0.25, -0.2) is 4.57 Å². The highest BCUT2D eigenvalue weighted by Gasteiger charge is 2.76. The molecule has 5 atom stereocenters. The third kappa shape index (κ3) is 9.51. The number of phosphoric acid groups is 1. The van der Waals surface area contributed by atoms with Gasteiger partial charge in [0.05, 0.1) is 33.0 Å². The third-order valence-electron chi connectivity index (χ3n) is 15.5. The molecule has 7 amide bonds. The van der Waals surface area contributed by atoms with E-state index in [1.165, 1.54) is 22.7 Å². The lowest BCUT2D eigenvalue weighted by Crippen LogP contribution is -2.73. The molecule has 3 saturated carbocycles. The Morgan fingerprint density at radius 3 is 2.08 bits per heavy atom. The number of hydrogen-bond acceptors (Lipinski definition) is 10. The summed E-state index contributed by atoms with van der Waals surface area (Å²) in [4.78, 5) is 122. The molecule has 0 radical (unpaired) electrons. The number of alkyl halides is 2. The van der Waals surface area contributed by atoms with Crippen molar-refractivity contribution in [3.05, 3.63) is 59.3 Å². The molecule has 73 heavy (non-hydrogen) atoms. The molecular formula is C51H60Cl2N7O11PS. The van der Waals surface area contributed by atoms with Crippen LogP contribution in [0.4, 0.5) is 17.1 Å². The standard InChI is InChI=1S/C51H60Cl2N7O11PS/c1-26(2)43(57-38(61)13-7-6-10-14-58-39(62)17-37(73-5)47(58)65)46(64)55-28(4)45(63)56-33-15-34-41(32-12-9-8-11-31(32)33)29(18-52)21-59(34)48(66)50-23-51(24-50,25-50)49(67)60-22-30(19-53)42-35(60)16-36(71-72(68,69)70)44-40(42)27(3)20-54-44/h8-9,11-12,15-16,20,26,28-30,37,43,54H,6-7,10,13-14,17-19,21-25H2,1-5H3,(H,55,64)(H,56,63)(H,57,61)(H2,68,69,70). The predicted octanol–water partition coefficient (Wildman–Crippen LogP) is 6.94. The van der Waals surface area contributed by atoms with Gasteiger partial charge in [-0.05, 0) is 86.3 Å². The molecule has 4 fully saturated rings. The van der Waals surface area contributed by atoms with E-state index < -0.39 is 42.6 Å². The van der Waals surface area contributed by atoms with Crippen LogP contribution in [0.15, 0.2) is 42.6 Å². The lowest BCUT2D eigenvalue weighted by Gasteiger charge is -2.69. The van der Waals surface area contributed by atoms with Crippen molar-refractivity contribution >= 4 is 123 Å². The predicted molar refractivity (Wildman–Crippen MR) is 280 cm³/mol. The summed E-state index contributed by atoms with van der Waals surface area (Å²) >= 11 is 14.5. The van der Waals surface area contributed by atoms with E-state index in [9.17, 15) is 47.9 Å². The van der Waals surface area contributed by atoms with Gasteiger partial charge in [0, 0.05) is 84.8 Å². The number of rotatable bonds is 19. The second kappa shape index (κ2) is 20.2. The maximum atomic E-state index is 14.9. The van der Waals surface area contributed by atoms with E-state index in [-0.39, 0.29) is 89.4 Å². The largest absolute Gasteiger partial charge is 0.524 e. The monoisotopic (exact) mass is 1080 g/mol. The summed E-state index contributed by atoms with van der Waals surface area (Å²) in [6.07, 6.45) is 6.45. The lowest BCUT2D eigenvalue weighted by molar-refractivity contribution is -0.205. The molecule has 390 valence electrons. The zero-order valence-electron chi connectivity index (χ0n) is 41.2. The molecule has 4 aromatic rings. The van der Waals surface area contributed by atoms with Crippen molar-refractivity contribution in [2.45, 2.75) is 108 Å². The first-order chi connectivity index (χ1) is 34.6. The number of anilines is 3. The van der Waals surface area contributed by atoms with Crippen LogP contribution in [0.5, 0.6) is 5.75 Å². The van der Waals surface area contributed by atoms with Crippen LogP contribution in [-0.2, 0) is 38.1 Å². The zero-order chi connectivity index (χ0) is 52.5. The average Bonchev–Trinajstić information content (AvgIpc) is 4.07. The Bertz CT molecular complexity index is 3000. The molecule has 10 rings (SSSR count). The summed E-state index contributed by atoms with van der Waals surface area (Å²) in [6.45, 7) is 7.84. The van der Waals surface area contributed by atoms with E-state index in [0.29, 0.717) is 85.0 Å². The number of phosphoric ester groups is 1. The van der Waals surface area contributed by atoms with Crippen LogP contribution < -0.4 is 30.3 Å². The molecule has 0 spiro atoms. The number of thioether (sulfide) groups is 1. The van der Waals surface area contributed by atoms with Crippen LogP contribution in [-0.4, -0.2) is 116 Å². The number of carbonyl (C=O) groups is 7. The molecule has 2 bridgehead atoms. The number of aromatic amines is 1. The van der Waals surface area contributed by atoms with Crippen molar-refractivity contribution in [3.63, 3.8) is 0 Å². The SMILES string of the molecule is CSC1CC(=O)N(CCCCCC(=O)NC(C(=O)NC(C)C(=O)Nc2cc3c(c4ccccc24)C(CCl)CN3C(=O)C23CC(C(=O)N4CC(CCl)c5c4cc(OP(=O)(O)O)c4[nH]cc(C)c54)(C2)C3)C(C)C)C1=O. The Kier molecular flexibility index (Phi) is 14.6. The summed E-state index contributed by atoms with van der Waals surface area (Å²) in [5.74, 6) is -2.54. The van der Waals surface area contributed by atoms with Gasteiger partial charge in [0.1, 0.15) is 12.1 Å². The van der Waals surface area contributed by atoms with Crippen molar-refractivity contribution in [2.75, 3.05) is 52.8 Å². The topological polar surface area (TPSA) is 248 Å². The first-order valence-electron chi connectivity index (χ1n) is 24.6. The third-order valence-corrected chi connectivity index (χ3v) is 17.6. The van der Waals surface area contributed by atoms with E-state index in [1.54, 1.807) is 49.1 Å². The number of nitrogens with zero attached hydrogens (tertiary/aromatic N) is 3. The van der Waals surface area contributed by atoms with Crippen LogP contribution in [0.1, 0.15) is 101 Å². The molecule has 3 aliphatic carbocycles. The zero-order valence-corrected chi connectivity index (χ0v) is 44.4. The molecule has 5 unspecified atom stereocenters. The van der Waals surface area contributed by atoms with Crippen LogP contribution in [0.2, 0.25) is 0 Å². The van der Waals surface area contributed by atoms with Gasteiger partial charge in [-0.3, -0.25) is 48.2 Å². The Balaban J connectivity index is 0.858. The molecule has 4 heterocycles. The van der Waals surface area contributed by atoms with Gasteiger partial charge in [-0.2, -0.15) is 11.8 Å². The van der Waals surface area contributed by atoms with E-state index >= 15 is 0 Å². The molecule has 3 aliphatic heterocycles. The number of nitrogens with one attached hydrogen (secondary N) is 4. The number of H-pyrrole nitrogens is 1. The number of fused-ring (bicyclic) bond motifs is 6. The highest BCUT2D eigenvalue weighted by Crippen LogP contribution is 2.75. The second-order valence-electron chi connectivity index (χ2n) is 20.8. The first kappa shape index (κ1) is 52.7. The van der Waals surface area contributed by atoms with E-state index in [0.717, 1.165) is 22.1 Å². The quantitative estimate of drug-likeness (QED) is 0.0242. The van der Waals surface area contributed by atoms with Gasteiger partial charge in [0.25, 0.3) is 0 Å². The minimum absolute atomic E-state index is 0.0868. The van der Waals surface area contributed by atoms with Crippen molar-refractivity contribution in [1.82, 2.24) is 20.5 Å². The molecule has 6 N–H and O–H groups in total. The first-order valence-corrected chi connectivity index (χ1v) is 28.5. The number of imide groups is 1. The van der Waals surface area contributed by atoms with Crippen LogP contribution >= 0.6 is 42.8 Å². The average molecular weight is 1080 g/mol. The summed E-state index contributed by atoms with van der Waals surface area (Å²) in [6, 6.07) is 8.79. The summed E-state index contributed by atoms with van der Waals surface area (Å²) < 4.78 is 17.1. The van der Waals surface area contributed by atoms with E-state index in [1.807, 2.05) is 31.2 Å². The lowest BCUT2D eigenvalue weighted by atomic mass is 9.34. The number of amides is 7. The van der Waals surface area contributed by atoms with Gasteiger partial charge >= 0.3 is 7.82 Å². The summed E-state index contributed by atoms with van der Waals surface area (Å²) in [7, 11) is -4.97. The Hall–Kier alpha value is -5.17. The van der Waals surface area contributed by atoms with Crippen LogP contribution in [0.3, 0.4) is 0 Å². The van der Waals surface area contributed by atoms with E-state index in [4.69, 9.17) is 27.7 Å². The maximum absolute atomic E-state index is 14.9. The second-order valence-corrected chi connectivity index (χ2v) is 23.6. The number of halogens is 2. The fourth-order valence-electron chi connectivity index (χ4n) is 11.9. The molecule has 6 aliphatic rings. The minimum atomic E-state index is -4.97. The summed E-state index contributed by atoms with van der Waals surface area (Å²) in [5.41, 5.74) is 2.71. The number of likely N-dealkylation sites (tertiary alicyclic amines) is 1. The van der Waals surface area contributed by atoms with Gasteiger partial charge in [-0.1, -0.05) is 44.5 Å². The highest BCUT2D eigenvalue weighted by molar-refractivity contribution is 8.00. The number of carbonyl (C=O) groups excluding carboxylic acids is 7. The number of aromatic nitrogens is 1. The number of unbranched alkanes of at least 4 members (excludes halogenated alkanes) is 2. The molecule has 22 heteroatoms. The van der Waals surface area contributed by atoms with Crippen molar-refractivity contribution in [1.29, 1.82) is 0 Å². The maximum Gasteiger partial charge on any atom is 0.524 e. The van der Waals surface area contributed by atoms with Crippen molar-refractivity contribution in [3.8, 4) is 5.75 Å². The van der Waals surface area contributed by atoms with Crippen LogP contribution in [0.25, 0.3) is 21.7 Å². The number of hydrogen-bond donors (Lipinski definition) is 6. The Morgan fingerprint density at radius 1 is 0.877 bits per heavy atom. The number of aryl methyl sites for hydroxylation is 1. The minimum Gasteiger partial charge on any atom is -0.402 e. The van der Waals surface area contributed by atoms with Crippen LogP contribution in [0, 0.1) is 23.7 Å². The molecule has 1 aromatic heterocycles. The van der Waals surface area contributed by atoms with Gasteiger partial charge < -0.3 is 35.3 Å². The highest BCUT2D eigenvalue weighted by atomic mass is 35.5. The Morgan fingerprint density at radius 2 is 1.49 bits per heavy atom. The fourth-order valence-corrected chi connectivity index (χ4v) is 13.4. The molecule has 18 nitrogen and oxygen atoms in total. The van der Waals surface area contributed by atoms with Gasteiger partial charge in [-0.15, -0.1) is 23.2 Å².